The summed E-state index contributed by atoms with van der Waals surface area (Å²) in [5.41, 5.74) is -0.273. The van der Waals surface area contributed by atoms with Gasteiger partial charge in [-0.25, -0.2) is 4.79 Å². The number of carbonyl (C=O) groups is 1. The van der Waals surface area contributed by atoms with Crippen molar-refractivity contribution in [2.45, 2.75) is 5.44 Å². The molecule has 3 nitrogen and oxygen atoms in total. The first kappa shape index (κ1) is 13.9. The van der Waals surface area contributed by atoms with Crippen molar-refractivity contribution in [3.63, 3.8) is 0 Å². The Kier molecular flexibility index (Phi) is 6.22. The van der Waals surface area contributed by atoms with Crippen LogP contribution in [0.3, 0.4) is 0 Å². The second-order valence-corrected chi connectivity index (χ2v) is 5.10. The lowest BCUT2D eigenvalue weighted by Crippen LogP contribution is -2.17. The van der Waals surface area contributed by atoms with Crippen molar-refractivity contribution in [1.29, 1.82) is 0 Å². The number of thiol groups is 2. The van der Waals surface area contributed by atoms with Crippen LogP contribution in [0.4, 0.5) is 0 Å². The van der Waals surface area contributed by atoms with Gasteiger partial charge in [-0.2, -0.15) is 4.89 Å². The highest BCUT2D eigenvalue weighted by molar-refractivity contribution is 8.69. The molecule has 86 valence electrons. The summed E-state index contributed by atoms with van der Waals surface area (Å²) in [6.45, 7) is 0. The average Bonchev–Trinajstić information content (AvgIpc) is 2.30. The third-order valence-electron chi connectivity index (χ3n) is 1.52. The number of rotatable bonds is 5. The van der Waals surface area contributed by atoms with E-state index >= 15 is 0 Å². The third-order valence-corrected chi connectivity index (χ3v) is 3.37. The van der Waals surface area contributed by atoms with Crippen molar-refractivity contribution < 1.29 is 14.6 Å². The summed E-state index contributed by atoms with van der Waals surface area (Å²) in [6, 6.07) is 8.49. The van der Waals surface area contributed by atoms with Crippen molar-refractivity contribution in [3.05, 3.63) is 35.9 Å². The molecule has 1 atom stereocenters. The number of carbonyl (C=O) groups excluding carboxylic acids is 1. The van der Waals surface area contributed by atoms with Gasteiger partial charge in [0.25, 0.3) is 0 Å². The molecule has 7 heteroatoms. The van der Waals surface area contributed by atoms with Crippen LogP contribution in [-0.2, 0) is 9.78 Å². The van der Waals surface area contributed by atoms with Crippen LogP contribution in [0.15, 0.2) is 30.3 Å². The Hall–Kier alpha value is -0.210. The Labute approximate surface area is 113 Å². The minimum absolute atomic E-state index is 0.251. The minimum Gasteiger partial charge on any atom is -0.291 e. The van der Waals surface area contributed by atoms with E-state index in [0.717, 1.165) is 10.8 Å². The SMILES string of the molecule is O=C(OOC(SS)C(=S)S)c1ccccc1. The zero-order valence-corrected chi connectivity index (χ0v) is 11.3. The van der Waals surface area contributed by atoms with Gasteiger partial charge in [-0.15, -0.1) is 24.3 Å². The molecule has 0 aliphatic carbocycles. The van der Waals surface area contributed by atoms with Gasteiger partial charge < -0.3 is 0 Å². The highest BCUT2D eigenvalue weighted by Gasteiger charge is 2.16. The van der Waals surface area contributed by atoms with Crippen LogP contribution in [0, 0.1) is 0 Å². The highest BCUT2D eigenvalue weighted by atomic mass is 33.1. The predicted octanol–water partition coefficient (Wildman–Crippen LogP) is 2.94. The molecule has 0 radical (unpaired) electrons. The van der Waals surface area contributed by atoms with Gasteiger partial charge in [0.05, 0.1) is 9.76 Å². The molecule has 0 N–H and O–H groups in total. The van der Waals surface area contributed by atoms with E-state index in [4.69, 9.17) is 17.1 Å². The first-order chi connectivity index (χ1) is 7.65. The lowest BCUT2D eigenvalue weighted by atomic mass is 10.2. The fourth-order valence-electron chi connectivity index (χ4n) is 0.814. The van der Waals surface area contributed by atoms with E-state index < -0.39 is 11.4 Å². The van der Waals surface area contributed by atoms with E-state index in [2.05, 4.69) is 29.2 Å². The largest absolute Gasteiger partial charge is 0.373 e. The molecule has 0 fully saturated rings. The maximum Gasteiger partial charge on any atom is 0.373 e. The van der Waals surface area contributed by atoms with E-state index in [-0.39, 0.29) is 4.20 Å². The van der Waals surface area contributed by atoms with E-state index in [0.29, 0.717) is 5.56 Å². The van der Waals surface area contributed by atoms with Crippen molar-refractivity contribution in [2.24, 2.45) is 0 Å². The summed E-state index contributed by atoms with van der Waals surface area (Å²) in [6.07, 6.45) is 0. The molecule has 0 spiro atoms. The molecule has 0 heterocycles. The number of benzene rings is 1. The summed E-state index contributed by atoms with van der Waals surface area (Å²) in [5, 5.41) is 0. The van der Waals surface area contributed by atoms with E-state index in [1.165, 1.54) is 0 Å². The maximum atomic E-state index is 11.4. The van der Waals surface area contributed by atoms with Gasteiger partial charge in [0.2, 0.25) is 5.44 Å². The fraction of sp³-hybridized carbons (Fsp3) is 0.111. The summed E-state index contributed by atoms with van der Waals surface area (Å²) in [4.78, 5) is 20.8. The summed E-state index contributed by atoms with van der Waals surface area (Å²) in [5.74, 6) is -0.586. The van der Waals surface area contributed by atoms with Gasteiger partial charge >= 0.3 is 5.97 Å². The Morgan fingerprint density at radius 1 is 1.38 bits per heavy atom. The molecule has 0 aliphatic heterocycles. The van der Waals surface area contributed by atoms with Crippen LogP contribution in [0.25, 0.3) is 0 Å². The Balaban J connectivity index is 2.50. The zero-order valence-electron chi connectivity index (χ0n) is 7.90. The van der Waals surface area contributed by atoms with Crippen molar-refractivity contribution >= 4 is 57.5 Å². The van der Waals surface area contributed by atoms with Gasteiger partial charge in [0.1, 0.15) is 0 Å². The van der Waals surface area contributed by atoms with Crippen LogP contribution in [0.1, 0.15) is 10.4 Å². The lowest BCUT2D eigenvalue weighted by Gasteiger charge is -2.10. The molecule has 0 saturated heterocycles. The molecule has 1 aromatic rings. The molecule has 0 aromatic heterocycles. The van der Waals surface area contributed by atoms with E-state index in [1.54, 1.807) is 30.3 Å². The van der Waals surface area contributed by atoms with Crippen LogP contribution in [0.2, 0.25) is 0 Å². The fourth-order valence-corrected chi connectivity index (χ4v) is 2.25. The predicted molar refractivity (Wildman–Crippen MR) is 74.9 cm³/mol. The first-order valence-electron chi connectivity index (χ1n) is 4.11. The lowest BCUT2D eigenvalue weighted by molar-refractivity contribution is -0.235. The van der Waals surface area contributed by atoms with Crippen molar-refractivity contribution in [3.8, 4) is 0 Å². The highest BCUT2D eigenvalue weighted by Crippen LogP contribution is 2.20. The molecular weight excluding hydrogens is 284 g/mol. The molecule has 0 saturated carbocycles. The summed E-state index contributed by atoms with van der Waals surface area (Å²) < 4.78 is 0.251. The van der Waals surface area contributed by atoms with Crippen LogP contribution in [0.5, 0.6) is 0 Å². The molecule has 0 amide bonds. The molecule has 1 unspecified atom stereocenters. The van der Waals surface area contributed by atoms with E-state index in [1.807, 2.05) is 0 Å². The normalized spacial score (nSPS) is 11.9. The molecule has 0 bridgehead atoms. The monoisotopic (exact) mass is 292 g/mol. The average molecular weight is 292 g/mol. The van der Waals surface area contributed by atoms with Gasteiger partial charge in [-0.3, -0.25) is 4.89 Å². The quantitative estimate of drug-likeness (QED) is 0.218. The summed E-state index contributed by atoms with van der Waals surface area (Å²) in [7, 11) is 0.993. The maximum absolute atomic E-state index is 11.4. The van der Waals surface area contributed by atoms with Gasteiger partial charge in [-0.1, -0.05) is 41.2 Å². The molecule has 0 aliphatic rings. The van der Waals surface area contributed by atoms with Gasteiger partial charge in [-0.05, 0) is 12.1 Å². The van der Waals surface area contributed by atoms with Gasteiger partial charge in [0, 0.05) is 0 Å². The Bertz CT molecular complexity index is 368. The standard InChI is InChI=1S/C9H8O3S4/c10-7(6-4-2-1-3-5-6)11-12-8(16-15)9(13)14/h1-5,8,15H,(H,13,14). The van der Waals surface area contributed by atoms with Crippen LogP contribution >= 0.6 is 47.3 Å². The number of hydrogen-bond donors (Lipinski definition) is 2. The number of hydrogen-bond acceptors (Lipinski definition) is 6. The first-order valence-corrected chi connectivity index (χ1v) is 6.89. The number of thiocarbonyl (C=S) groups is 1. The van der Waals surface area contributed by atoms with Crippen LogP contribution in [-0.4, -0.2) is 15.6 Å². The minimum atomic E-state index is -0.672. The van der Waals surface area contributed by atoms with E-state index in [9.17, 15) is 4.79 Å². The molecule has 1 aromatic carbocycles. The van der Waals surface area contributed by atoms with Crippen molar-refractivity contribution in [2.75, 3.05) is 0 Å². The molecular formula is C9H8O3S4. The smallest absolute Gasteiger partial charge is 0.291 e. The topological polar surface area (TPSA) is 35.5 Å². The van der Waals surface area contributed by atoms with Crippen molar-refractivity contribution in [1.82, 2.24) is 0 Å². The second kappa shape index (κ2) is 7.18. The van der Waals surface area contributed by atoms with Gasteiger partial charge in [0.15, 0.2) is 0 Å². The summed E-state index contributed by atoms with van der Waals surface area (Å²) >= 11 is 12.6. The Morgan fingerprint density at radius 3 is 2.50 bits per heavy atom. The zero-order chi connectivity index (χ0) is 12.0. The van der Waals surface area contributed by atoms with Crippen LogP contribution < -0.4 is 0 Å². The Morgan fingerprint density at radius 2 is 2.00 bits per heavy atom. The second-order valence-electron chi connectivity index (χ2n) is 2.61. The molecule has 1 rings (SSSR count). The third kappa shape index (κ3) is 4.34. The molecule has 16 heavy (non-hydrogen) atoms.